The molecule has 2 aromatic carbocycles. The molecule has 3 rings (SSSR count). The van der Waals surface area contributed by atoms with Crippen LogP contribution in [0.5, 0.6) is 0 Å². The molecule has 0 radical (unpaired) electrons. The molecule has 0 bridgehead atoms. The second kappa shape index (κ2) is 4.94. The lowest BCUT2D eigenvalue weighted by Crippen LogP contribution is -2.11. The maximum absolute atomic E-state index is 12.5. The number of fused-ring (bicyclic) bond motifs is 1. The van der Waals surface area contributed by atoms with Crippen molar-refractivity contribution in [2.75, 3.05) is 0 Å². The summed E-state index contributed by atoms with van der Waals surface area (Å²) in [5.74, 6) is -0.270. The number of hydrogen-bond donors (Lipinski definition) is 1. The third kappa shape index (κ3) is 2.02. The zero-order valence-corrected chi connectivity index (χ0v) is 11.2. The van der Waals surface area contributed by atoms with Crippen molar-refractivity contribution >= 4 is 16.7 Å². The average Bonchev–Trinajstić information content (AvgIpc) is 2.84. The zero-order valence-electron chi connectivity index (χ0n) is 11.2. The number of benzene rings is 2. The second-order valence-corrected chi connectivity index (χ2v) is 4.85. The van der Waals surface area contributed by atoms with E-state index in [0.29, 0.717) is 11.1 Å². The first-order valence-electron chi connectivity index (χ1n) is 6.50. The Bertz CT molecular complexity index is 759. The molecule has 0 aliphatic carbocycles. The van der Waals surface area contributed by atoms with Crippen LogP contribution in [-0.2, 0) is 7.05 Å². The highest BCUT2D eigenvalue weighted by atomic mass is 16.3. The van der Waals surface area contributed by atoms with Crippen LogP contribution in [0.25, 0.3) is 10.9 Å². The van der Waals surface area contributed by atoms with Gasteiger partial charge in [-0.2, -0.15) is 0 Å². The summed E-state index contributed by atoms with van der Waals surface area (Å²) < 4.78 is 1.90. The molecule has 0 aliphatic heterocycles. The van der Waals surface area contributed by atoms with Gasteiger partial charge < -0.3 is 9.67 Å². The van der Waals surface area contributed by atoms with Crippen LogP contribution < -0.4 is 0 Å². The van der Waals surface area contributed by atoms with E-state index in [9.17, 15) is 9.90 Å². The molecule has 100 valence electrons. The van der Waals surface area contributed by atoms with Gasteiger partial charge in [-0.3, -0.25) is 4.79 Å². The Labute approximate surface area is 117 Å². The summed E-state index contributed by atoms with van der Waals surface area (Å²) in [5.41, 5.74) is 2.15. The smallest absolute Gasteiger partial charge is 0.197 e. The third-order valence-corrected chi connectivity index (χ3v) is 3.53. The van der Waals surface area contributed by atoms with E-state index in [4.69, 9.17) is 0 Å². The first kappa shape index (κ1) is 12.6. The topological polar surface area (TPSA) is 42.2 Å². The SMILES string of the molecule is Cn1cc(C(=O)C(O)c2ccccc2)c2ccccc21. The number of nitrogens with zero attached hydrogens (tertiary/aromatic N) is 1. The summed E-state index contributed by atoms with van der Waals surface area (Å²) in [4.78, 5) is 12.5. The minimum Gasteiger partial charge on any atom is -0.380 e. The van der Waals surface area contributed by atoms with Crippen molar-refractivity contribution in [3.63, 3.8) is 0 Å². The highest BCUT2D eigenvalue weighted by Crippen LogP contribution is 2.25. The number of hydrogen-bond acceptors (Lipinski definition) is 2. The number of aromatic nitrogens is 1. The second-order valence-electron chi connectivity index (χ2n) is 4.85. The van der Waals surface area contributed by atoms with Crippen molar-refractivity contribution in [3.05, 3.63) is 71.9 Å². The van der Waals surface area contributed by atoms with Crippen LogP contribution >= 0.6 is 0 Å². The van der Waals surface area contributed by atoms with E-state index in [1.165, 1.54) is 0 Å². The fourth-order valence-corrected chi connectivity index (χ4v) is 2.47. The van der Waals surface area contributed by atoms with Crippen LogP contribution in [0.4, 0.5) is 0 Å². The predicted molar refractivity (Wildman–Crippen MR) is 78.7 cm³/mol. The maximum atomic E-state index is 12.5. The average molecular weight is 265 g/mol. The number of rotatable bonds is 3. The third-order valence-electron chi connectivity index (χ3n) is 3.53. The van der Waals surface area contributed by atoms with E-state index in [-0.39, 0.29) is 5.78 Å². The van der Waals surface area contributed by atoms with Crippen molar-refractivity contribution in [2.24, 2.45) is 7.05 Å². The van der Waals surface area contributed by atoms with E-state index >= 15 is 0 Å². The van der Waals surface area contributed by atoms with Gasteiger partial charge in [-0.1, -0.05) is 48.5 Å². The molecule has 0 saturated carbocycles. The predicted octanol–water partition coefficient (Wildman–Crippen LogP) is 3.09. The van der Waals surface area contributed by atoms with Gasteiger partial charge in [0.25, 0.3) is 0 Å². The van der Waals surface area contributed by atoms with Gasteiger partial charge in [-0.25, -0.2) is 0 Å². The summed E-state index contributed by atoms with van der Waals surface area (Å²) in [6.45, 7) is 0. The number of aliphatic hydroxyl groups excluding tert-OH is 1. The number of Topliss-reactive ketones (excluding diaryl/α,β-unsaturated/α-hetero) is 1. The molecule has 0 fully saturated rings. The van der Waals surface area contributed by atoms with Crippen molar-refractivity contribution < 1.29 is 9.90 Å². The van der Waals surface area contributed by atoms with E-state index in [2.05, 4.69) is 0 Å². The number of carbonyl (C=O) groups is 1. The van der Waals surface area contributed by atoms with Crippen LogP contribution in [-0.4, -0.2) is 15.5 Å². The van der Waals surface area contributed by atoms with Crippen molar-refractivity contribution in [1.82, 2.24) is 4.57 Å². The molecule has 0 amide bonds. The normalized spacial score (nSPS) is 12.5. The minimum atomic E-state index is -1.12. The van der Waals surface area contributed by atoms with E-state index < -0.39 is 6.10 Å². The van der Waals surface area contributed by atoms with Crippen LogP contribution in [0, 0.1) is 0 Å². The van der Waals surface area contributed by atoms with Crippen LogP contribution in [0.1, 0.15) is 22.0 Å². The van der Waals surface area contributed by atoms with Crippen LogP contribution in [0.15, 0.2) is 60.8 Å². The van der Waals surface area contributed by atoms with Gasteiger partial charge in [0.1, 0.15) is 6.10 Å². The van der Waals surface area contributed by atoms with Gasteiger partial charge in [0.05, 0.1) is 0 Å². The van der Waals surface area contributed by atoms with Gasteiger partial charge in [-0.05, 0) is 11.6 Å². The Morgan fingerprint density at radius 3 is 2.45 bits per heavy atom. The molecular weight excluding hydrogens is 250 g/mol. The first-order valence-corrected chi connectivity index (χ1v) is 6.50. The van der Waals surface area contributed by atoms with Gasteiger partial charge in [0.2, 0.25) is 0 Å². The highest BCUT2D eigenvalue weighted by Gasteiger charge is 2.22. The van der Waals surface area contributed by atoms with Gasteiger partial charge in [0, 0.05) is 29.7 Å². The summed E-state index contributed by atoms with van der Waals surface area (Å²) in [5, 5.41) is 11.1. The van der Waals surface area contributed by atoms with E-state index in [0.717, 1.165) is 10.9 Å². The van der Waals surface area contributed by atoms with Crippen LogP contribution in [0.3, 0.4) is 0 Å². The number of para-hydroxylation sites is 1. The lowest BCUT2D eigenvalue weighted by atomic mass is 10.00. The van der Waals surface area contributed by atoms with Gasteiger partial charge in [0.15, 0.2) is 5.78 Å². The molecule has 1 aromatic heterocycles. The Kier molecular flexibility index (Phi) is 3.12. The summed E-state index contributed by atoms with van der Waals surface area (Å²) in [6.07, 6.45) is 0.654. The molecule has 1 N–H and O–H groups in total. The Balaban J connectivity index is 2.05. The Morgan fingerprint density at radius 2 is 1.70 bits per heavy atom. The number of ketones is 1. The summed E-state index contributed by atoms with van der Waals surface area (Å²) >= 11 is 0. The molecule has 1 heterocycles. The monoisotopic (exact) mass is 265 g/mol. The molecule has 3 heteroatoms. The molecule has 1 atom stereocenters. The lowest BCUT2D eigenvalue weighted by molar-refractivity contribution is 0.0749. The highest BCUT2D eigenvalue weighted by molar-refractivity contribution is 6.10. The number of aryl methyl sites for hydroxylation is 1. The molecule has 0 spiro atoms. The van der Waals surface area contributed by atoms with Gasteiger partial charge in [-0.15, -0.1) is 0 Å². The Hall–Kier alpha value is -2.39. The van der Waals surface area contributed by atoms with Crippen molar-refractivity contribution in [3.8, 4) is 0 Å². The summed E-state index contributed by atoms with van der Waals surface area (Å²) in [6, 6.07) is 16.7. The quantitative estimate of drug-likeness (QED) is 0.739. The number of aliphatic hydroxyl groups is 1. The zero-order chi connectivity index (χ0) is 14.1. The number of carbonyl (C=O) groups excluding carboxylic acids is 1. The molecule has 20 heavy (non-hydrogen) atoms. The standard InChI is InChI=1S/C17H15NO2/c1-18-11-14(13-9-5-6-10-15(13)18)17(20)16(19)12-7-3-2-4-8-12/h2-11,16,19H,1H3. The van der Waals surface area contributed by atoms with Crippen molar-refractivity contribution in [2.45, 2.75) is 6.10 Å². The minimum absolute atomic E-state index is 0.270. The molecule has 0 aliphatic rings. The van der Waals surface area contributed by atoms with Crippen molar-refractivity contribution in [1.29, 1.82) is 0 Å². The molecule has 0 saturated heterocycles. The maximum Gasteiger partial charge on any atom is 0.197 e. The fourth-order valence-electron chi connectivity index (χ4n) is 2.47. The fraction of sp³-hybridized carbons (Fsp3) is 0.118. The Morgan fingerprint density at radius 1 is 1.05 bits per heavy atom. The van der Waals surface area contributed by atoms with E-state index in [1.54, 1.807) is 18.3 Å². The molecule has 1 unspecified atom stereocenters. The molecular formula is C17H15NO2. The lowest BCUT2D eigenvalue weighted by Gasteiger charge is -2.09. The largest absolute Gasteiger partial charge is 0.380 e. The molecule has 3 aromatic rings. The van der Waals surface area contributed by atoms with Gasteiger partial charge >= 0.3 is 0 Å². The van der Waals surface area contributed by atoms with E-state index in [1.807, 2.05) is 54.1 Å². The molecule has 3 nitrogen and oxygen atoms in total. The first-order chi connectivity index (χ1) is 9.68. The summed E-state index contributed by atoms with van der Waals surface area (Å²) in [7, 11) is 1.90. The van der Waals surface area contributed by atoms with Crippen LogP contribution in [0.2, 0.25) is 0 Å².